The van der Waals surface area contributed by atoms with Crippen molar-refractivity contribution in [3.05, 3.63) is 26.7 Å². The Kier molecular flexibility index (Phi) is 8.48. The lowest BCUT2D eigenvalue weighted by Crippen LogP contribution is -2.36. The van der Waals surface area contributed by atoms with Gasteiger partial charge >= 0.3 is 6.18 Å². The number of thiazole rings is 2. The van der Waals surface area contributed by atoms with Crippen LogP contribution in [0.15, 0.2) is 6.20 Å². The molecule has 1 fully saturated rings. The zero-order valence-corrected chi connectivity index (χ0v) is 21.5. The number of hydrogen-bond acceptors (Lipinski definition) is 7. The van der Waals surface area contributed by atoms with Crippen molar-refractivity contribution in [1.29, 1.82) is 0 Å². The highest BCUT2D eigenvalue weighted by Crippen LogP contribution is 2.39. The third-order valence-corrected chi connectivity index (χ3v) is 8.85. The highest BCUT2D eigenvalue weighted by molar-refractivity contribution is 7.13. The second kappa shape index (κ2) is 11.2. The van der Waals surface area contributed by atoms with Gasteiger partial charge in [-0.3, -0.25) is 4.79 Å². The number of aryl methyl sites for hydroxylation is 1. The Bertz CT molecular complexity index is 974. The van der Waals surface area contributed by atoms with Crippen molar-refractivity contribution in [2.45, 2.75) is 76.6 Å². The summed E-state index contributed by atoms with van der Waals surface area (Å²) in [6.45, 7) is 2.69. The van der Waals surface area contributed by atoms with Crippen LogP contribution in [0.5, 0.6) is 5.19 Å². The second-order valence-electron chi connectivity index (χ2n) is 9.70. The van der Waals surface area contributed by atoms with Crippen LogP contribution in [-0.4, -0.2) is 58.7 Å². The fourth-order valence-electron chi connectivity index (χ4n) is 4.90. The van der Waals surface area contributed by atoms with Crippen LogP contribution in [0, 0.1) is 12.8 Å². The highest BCUT2D eigenvalue weighted by atomic mass is 32.1. The molecule has 0 atom stereocenters. The summed E-state index contributed by atoms with van der Waals surface area (Å²) in [7, 11) is 0. The number of nitrogens with zero attached hydrogens (tertiary/aromatic N) is 3. The van der Waals surface area contributed by atoms with Gasteiger partial charge in [-0.2, -0.15) is 13.2 Å². The highest BCUT2D eigenvalue weighted by Gasteiger charge is 2.36. The molecule has 0 spiro atoms. The summed E-state index contributed by atoms with van der Waals surface area (Å²) in [4.78, 5) is 25.0. The zero-order valence-electron chi connectivity index (χ0n) is 19.8. The average Bonchev–Trinajstić information content (AvgIpc) is 3.33. The Hall–Kier alpha value is -1.59. The van der Waals surface area contributed by atoms with E-state index < -0.39 is 18.5 Å². The van der Waals surface area contributed by atoms with Gasteiger partial charge in [-0.1, -0.05) is 11.3 Å². The SMILES string of the molecule is Cc1ncc(CC(=O)CC2CCC(F)(CCN3CCc4nc(OCC(F)(F)F)sc4CC3)CC2)s1. The third-order valence-electron chi connectivity index (χ3n) is 6.87. The number of hydrogen-bond donors (Lipinski definition) is 0. The Morgan fingerprint density at radius 1 is 1.23 bits per heavy atom. The van der Waals surface area contributed by atoms with Gasteiger partial charge in [0, 0.05) is 54.8 Å². The molecule has 1 aliphatic heterocycles. The van der Waals surface area contributed by atoms with Gasteiger partial charge in [0.15, 0.2) is 6.61 Å². The van der Waals surface area contributed by atoms with Gasteiger partial charge in [0.1, 0.15) is 11.5 Å². The number of Topliss-reactive ketones (excluding diaryl/α,β-unsaturated/α-hetero) is 1. The van der Waals surface area contributed by atoms with Gasteiger partial charge in [-0.05, 0) is 51.4 Å². The van der Waals surface area contributed by atoms with Crippen molar-refractivity contribution in [2.75, 3.05) is 26.2 Å². The Balaban J connectivity index is 1.17. The van der Waals surface area contributed by atoms with E-state index in [1.807, 2.05) is 6.92 Å². The lowest BCUT2D eigenvalue weighted by molar-refractivity contribution is -0.153. The van der Waals surface area contributed by atoms with E-state index in [9.17, 15) is 18.0 Å². The van der Waals surface area contributed by atoms with E-state index in [1.165, 1.54) is 11.3 Å². The van der Waals surface area contributed by atoms with Crippen LogP contribution in [0.4, 0.5) is 17.6 Å². The van der Waals surface area contributed by atoms with Crippen LogP contribution in [0.25, 0.3) is 0 Å². The van der Waals surface area contributed by atoms with Gasteiger partial charge in [0.25, 0.3) is 5.19 Å². The quantitative estimate of drug-likeness (QED) is 0.385. The molecule has 3 heterocycles. The molecule has 4 rings (SSSR count). The summed E-state index contributed by atoms with van der Waals surface area (Å²) >= 11 is 2.73. The first kappa shape index (κ1) is 26.5. The van der Waals surface area contributed by atoms with E-state index in [-0.39, 0.29) is 16.9 Å². The van der Waals surface area contributed by atoms with E-state index in [4.69, 9.17) is 4.74 Å². The van der Waals surface area contributed by atoms with Crippen LogP contribution in [0.1, 0.15) is 59.0 Å². The number of alkyl halides is 4. The average molecular weight is 534 g/mol. The topological polar surface area (TPSA) is 55.3 Å². The number of ketones is 1. The number of ether oxygens (including phenoxy) is 1. The summed E-state index contributed by atoms with van der Waals surface area (Å²) < 4.78 is 57.4. The summed E-state index contributed by atoms with van der Waals surface area (Å²) in [5, 5.41) is 1.03. The molecule has 0 saturated heterocycles. The first-order valence-corrected chi connectivity index (χ1v) is 13.7. The molecule has 35 heavy (non-hydrogen) atoms. The molecule has 0 unspecified atom stereocenters. The lowest BCUT2D eigenvalue weighted by Gasteiger charge is -2.35. The molecule has 2 aliphatic rings. The van der Waals surface area contributed by atoms with E-state index in [2.05, 4.69) is 14.9 Å². The lowest BCUT2D eigenvalue weighted by atomic mass is 9.76. The molecule has 2 aromatic heterocycles. The fourth-order valence-corrected chi connectivity index (χ4v) is 6.66. The maximum Gasteiger partial charge on any atom is 0.422 e. The van der Waals surface area contributed by atoms with E-state index in [0.717, 1.165) is 39.8 Å². The molecule has 194 valence electrons. The smallest absolute Gasteiger partial charge is 0.422 e. The fraction of sp³-hybridized carbons (Fsp3) is 0.708. The van der Waals surface area contributed by atoms with Crippen LogP contribution in [0.2, 0.25) is 0 Å². The van der Waals surface area contributed by atoms with Crippen LogP contribution in [-0.2, 0) is 24.1 Å². The van der Waals surface area contributed by atoms with Gasteiger partial charge in [0.05, 0.1) is 10.7 Å². The number of rotatable bonds is 9. The molecular weight excluding hydrogens is 502 g/mol. The summed E-state index contributed by atoms with van der Waals surface area (Å²) in [6.07, 6.45) is 2.58. The molecule has 11 heteroatoms. The predicted octanol–water partition coefficient (Wildman–Crippen LogP) is 5.74. The Morgan fingerprint density at radius 2 is 1.97 bits per heavy atom. The van der Waals surface area contributed by atoms with E-state index in [0.29, 0.717) is 58.0 Å². The predicted molar refractivity (Wildman–Crippen MR) is 128 cm³/mol. The van der Waals surface area contributed by atoms with Crippen LogP contribution in [0.3, 0.4) is 0 Å². The largest absolute Gasteiger partial charge is 0.460 e. The minimum absolute atomic E-state index is 0.0703. The molecule has 0 amide bonds. The molecule has 1 aliphatic carbocycles. The molecule has 0 aromatic carbocycles. The minimum atomic E-state index is -4.38. The van der Waals surface area contributed by atoms with E-state index >= 15 is 4.39 Å². The van der Waals surface area contributed by atoms with Crippen LogP contribution < -0.4 is 4.74 Å². The van der Waals surface area contributed by atoms with Gasteiger partial charge in [0.2, 0.25) is 0 Å². The van der Waals surface area contributed by atoms with Gasteiger partial charge < -0.3 is 9.64 Å². The van der Waals surface area contributed by atoms with Crippen molar-refractivity contribution >= 4 is 28.5 Å². The standard InChI is InChI=1S/C24H31F4N3O2S2/c1-16-29-14-19(34-16)13-18(32)12-17-2-6-23(25,7-3-17)8-11-31-9-4-20-21(5-10-31)35-22(30-20)33-15-24(26,27)28/h14,17H,2-13,15H2,1H3. The normalized spacial score (nSPS) is 23.6. The first-order chi connectivity index (χ1) is 16.6. The monoisotopic (exact) mass is 533 g/mol. The van der Waals surface area contributed by atoms with Crippen molar-refractivity contribution in [3.8, 4) is 5.19 Å². The molecule has 2 aromatic rings. The summed E-state index contributed by atoms with van der Waals surface area (Å²) in [5.41, 5.74) is -0.397. The molecule has 0 bridgehead atoms. The van der Waals surface area contributed by atoms with Crippen molar-refractivity contribution < 1.29 is 27.1 Å². The summed E-state index contributed by atoms with van der Waals surface area (Å²) in [6, 6.07) is 0. The molecule has 1 saturated carbocycles. The molecule has 0 radical (unpaired) electrons. The molecular formula is C24H31F4N3O2S2. The second-order valence-corrected chi connectivity index (χ2v) is 12.1. The minimum Gasteiger partial charge on any atom is -0.460 e. The van der Waals surface area contributed by atoms with Crippen molar-refractivity contribution in [2.24, 2.45) is 5.92 Å². The van der Waals surface area contributed by atoms with E-state index in [1.54, 1.807) is 17.5 Å². The maximum atomic E-state index is 15.5. The number of halogens is 4. The van der Waals surface area contributed by atoms with Crippen LogP contribution >= 0.6 is 22.7 Å². The summed E-state index contributed by atoms with van der Waals surface area (Å²) in [5.74, 6) is 0.469. The third kappa shape index (κ3) is 7.95. The van der Waals surface area contributed by atoms with Gasteiger partial charge in [-0.15, -0.1) is 11.3 Å². The zero-order chi connectivity index (χ0) is 25.1. The molecule has 0 N–H and O–H groups in total. The van der Waals surface area contributed by atoms with Crippen molar-refractivity contribution in [1.82, 2.24) is 14.9 Å². The van der Waals surface area contributed by atoms with Gasteiger partial charge in [-0.25, -0.2) is 14.4 Å². The number of carbonyl (C=O) groups is 1. The Labute approximate surface area is 210 Å². The number of carbonyl (C=O) groups excluding carboxylic acids is 1. The Morgan fingerprint density at radius 3 is 2.66 bits per heavy atom. The maximum absolute atomic E-state index is 15.5. The molecule has 5 nitrogen and oxygen atoms in total. The number of aromatic nitrogens is 2. The van der Waals surface area contributed by atoms with Crippen molar-refractivity contribution in [3.63, 3.8) is 0 Å². The number of fused-ring (bicyclic) bond motifs is 1. The first-order valence-electron chi connectivity index (χ1n) is 12.1.